The molecule has 3 aliphatic carbocycles. The molecule has 212 valence electrons. The molecule has 11 heteroatoms. The van der Waals surface area contributed by atoms with Crippen LogP contribution in [0.2, 0.25) is 0 Å². The number of rotatable bonds is 3. The number of para-hydroxylation sites is 1. The fourth-order valence-electron chi connectivity index (χ4n) is 7.30. The molecule has 0 aliphatic heterocycles. The third-order valence-corrected chi connectivity index (χ3v) is 9.18. The van der Waals surface area contributed by atoms with Crippen molar-refractivity contribution in [1.29, 1.82) is 0 Å². The highest BCUT2D eigenvalue weighted by molar-refractivity contribution is 6.32. The predicted octanol–water partition coefficient (Wildman–Crippen LogP) is 0.812. The number of carbonyl (C=O) groups is 5. The first kappa shape index (κ1) is 27.0. The summed E-state index contributed by atoms with van der Waals surface area (Å²) in [5.74, 6) is -13.4. The molecular formula is C30H28N2O9. The van der Waals surface area contributed by atoms with Crippen molar-refractivity contribution in [2.45, 2.75) is 30.6 Å². The van der Waals surface area contributed by atoms with Gasteiger partial charge in [0.05, 0.1) is 35.1 Å². The van der Waals surface area contributed by atoms with Gasteiger partial charge in [-0.25, -0.2) is 0 Å². The standard InChI is InChI=1S/C30H28N2O9/c1-11-13-8-9-14(16-10-12-6-4-5-7-15(12)41-16)23(33)18(13)24(34)19-17(11)25(35)21-22(32(2)3)26(36)20(29(31)39)28(38)30(21,40)27(19)37/h4-11,17,19-22,25,33,35,40H,1-3H3,(H2,31,39)/t11?,17-,19?,20?,21-,22+,25+,30+/m1/s1. The molecule has 2 fully saturated rings. The molecule has 1 aromatic heterocycles. The predicted molar refractivity (Wildman–Crippen MR) is 143 cm³/mol. The minimum atomic E-state index is -3.04. The van der Waals surface area contributed by atoms with E-state index in [1.54, 1.807) is 37.3 Å². The third kappa shape index (κ3) is 3.39. The largest absolute Gasteiger partial charge is 0.506 e. The minimum absolute atomic E-state index is 0.186. The van der Waals surface area contributed by atoms with Crippen molar-refractivity contribution in [2.24, 2.45) is 29.4 Å². The highest BCUT2D eigenvalue weighted by Gasteiger charge is 2.72. The summed E-state index contributed by atoms with van der Waals surface area (Å²) >= 11 is 0. The Labute approximate surface area is 233 Å². The Bertz CT molecular complexity index is 1660. The number of hydrogen-bond donors (Lipinski definition) is 4. The second-order valence-corrected chi connectivity index (χ2v) is 11.4. The summed E-state index contributed by atoms with van der Waals surface area (Å²) in [5.41, 5.74) is 3.23. The Balaban J connectivity index is 1.52. The average molecular weight is 561 g/mol. The van der Waals surface area contributed by atoms with E-state index in [1.165, 1.54) is 19.0 Å². The van der Waals surface area contributed by atoms with Gasteiger partial charge in [0.1, 0.15) is 17.1 Å². The zero-order chi connectivity index (χ0) is 29.7. The van der Waals surface area contributed by atoms with Crippen LogP contribution >= 0.6 is 0 Å². The quantitative estimate of drug-likeness (QED) is 0.334. The van der Waals surface area contributed by atoms with E-state index in [0.29, 0.717) is 11.1 Å². The van der Waals surface area contributed by atoms with Crippen molar-refractivity contribution in [2.75, 3.05) is 14.1 Å². The number of phenolic OH excluding ortho intramolecular Hbond substituents is 1. The molecule has 2 saturated carbocycles. The molecular weight excluding hydrogens is 532 g/mol. The average Bonchev–Trinajstić information content (AvgIpc) is 3.34. The summed E-state index contributed by atoms with van der Waals surface area (Å²) in [6, 6.07) is 10.6. The van der Waals surface area contributed by atoms with Crippen molar-refractivity contribution in [3.63, 3.8) is 0 Å². The number of aliphatic hydroxyl groups excluding tert-OH is 1. The summed E-state index contributed by atoms with van der Waals surface area (Å²) in [7, 11) is 2.89. The van der Waals surface area contributed by atoms with E-state index in [4.69, 9.17) is 10.2 Å². The number of benzene rings is 2. The van der Waals surface area contributed by atoms with Gasteiger partial charge in [-0.2, -0.15) is 0 Å². The van der Waals surface area contributed by atoms with Crippen LogP contribution in [0.15, 0.2) is 46.9 Å². The van der Waals surface area contributed by atoms with Gasteiger partial charge in [-0.05, 0) is 43.8 Å². The lowest BCUT2D eigenvalue weighted by atomic mass is 9.49. The smallest absolute Gasteiger partial charge is 0.235 e. The number of Topliss-reactive ketones (excluding diaryl/α,β-unsaturated/α-hetero) is 4. The van der Waals surface area contributed by atoms with Gasteiger partial charge in [-0.3, -0.25) is 28.9 Å². The summed E-state index contributed by atoms with van der Waals surface area (Å²) in [5, 5.41) is 35.5. The molecule has 1 amide bonds. The van der Waals surface area contributed by atoms with Crippen LogP contribution in [0.3, 0.4) is 0 Å². The van der Waals surface area contributed by atoms with E-state index in [9.17, 15) is 39.3 Å². The van der Waals surface area contributed by atoms with E-state index in [1.807, 2.05) is 12.1 Å². The Morgan fingerprint density at radius 1 is 1.05 bits per heavy atom. The molecule has 3 unspecified atom stereocenters. The zero-order valence-corrected chi connectivity index (χ0v) is 22.4. The molecule has 1 heterocycles. The van der Waals surface area contributed by atoms with Gasteiger partial charge in [-0.1, -0.05) is 31.2 Å². The van der Waals surface area contributed by atoms with Gasteiger partial charge in [0, 0.05) is 11.3 Å². The van der Waals surface area contributed by atoms with Crippen molar-refractivity contribution in [3.8, 4) is 17.1 Å². The number of hydrogen-bond acceptors (Lipinski definition) is 10. The van der Waals surface area contributed by atoms with Crippen LogP contribution in [0, 0.1) is 23.7 Å². The number of primary amides is 1. The number of furan rings is 1. The van der Waals surface area contributed by atoms with E-state index in [2.05, 4.69) is 0 Å². The van der Waals surface area contributed by atoms with Crippen LogP contribution < -0.4 is 5.73 Å². The maximum absolute atomic E-state index is 14.1. The van der Waals surface area contributed by atoms with Crippen LogP contribution in [0.25, 0.3) is 22.3 Å². The molecule has 5 N–H and O–H groups in total. The van der Waals surface area contributed by atoms with Crippen LogP contribution in [-0.2, 0) is 19.2 Å². The highest BCUT2D eigenvalue weighted by atomic mass is 16.3. The van der Waals surface area contributed by atoms with Crippen LogP contribution in [0.5, 0.6) is 5.75 Å². The van der Waals surface area contributed by atoms with Gasteiger partial charge >= 0.3 is 0 Å². The molecule has 6 rings (SSSR count). The Hall–Kier alpha value is -4.19. The monoisotopic (exact) mass is 560 g/mol. The number of fused-ring (bicyclic) bond motifs is 4. The number of nitrogens with zero attached hydrogens (tertiary/aromatic N) is 1. The molecule has 3 aliphatic rings. The van der Waals surface area contributed by atoms with Gasteiger partial charge in [0.15, 0.2) is 34.7 Å². The minimum Gasteiger partial charge on any atom is -0.506 e. The number of phenols is 1. The zero-order valence-electron chi connectivity index (χ0n) is 22.4. The van der Waals surface area contributed by atoms with E-state index < -0.39 is 82.1 Å². The first-order valence-corrected chi connectivity index (χ1v) is 13.2. The number of aliphatic hydroxyl groups is 2. The number of aromatic hydroxyl groups is 1. The molecule has 0 radical (unpaired) electrons. The Kier molecular flexibility index (Phi) is 5.86. The van der Waals surface area contributed by atoms with Crippen molar-refractivity contribution in [1.82, 2.24) is 4.90 Å². The SMILES string of the molecule is CC1c2ccc(-c3cc4ccccc4o3)c(O)c2C(=O)C2C(=O)[C@]3(O)C(=O)C(C(N)=O)C(=O)[C@@H](N(C)C)[C@@H]3[C@@H](O)[C@@H]21. The highest BCUT2D eigenvalue weighted by Crippen LogP contribution is 2.55. The number of nitrogens with two attached hydrogens (primary N) is 1. The van der Waals surface area contributed by atoms with Crippen LogP contribution in [0.4, 0.5) is 0 Å². The van der Waals surface area contributed by atoms with Gasteiger partial charge in [0.25, 0.3) is 0 Å². The van der Waals surface area contributed by atoms with Crippen LogP contribution in [0.1, 0.15) is 28.8 Å². The van der Waals surface area contributed by atoms with Crippen molar-refractivity contribution >= 4 is 40.0 Å². The summed E-state index contributed by atoms with van der Waals surface area (Å²) in [6.45, 7) is 1.66. The fourth-order valence-corrected chi connectivity index (χ4v) is 7.30. The molecule has 3 aromatic rings. The van der Waals surface area contributed by atoms with E-state index in [-0.39, 0.29) is 16.9 Å². The normalized spacial score (nSPS) is 33.1. The molecule has 11 nitrogen and oxygen atoms in total. The lowest BCUT2D eigenvalue weighted by molar-refractivity contribution is -0.196. The van der Waals surface area contributed by atoms with Crippen molar-refractivity contribution < 1.29 is 43.7 Å². The molecule has 2 aromatic carbocycles. The molecule has 0 spiro atoms. The third-order valence-electron chi connectivity index (χ3n) is 9.18. The van der Waals surface area contributed by atoms with E-state index in [0.717, 1.165) is 5.39 Å². The first-order valence-electron chi connectivity index (χ1n) is 13.2. The first-order chi connectivity index (χ1) is 19.3. The number of amides is 1. The number of carbonyl (C=O) groups excluding carboxylic acids is 5. The second-order valence-electron chi connectivity index (χ2n) is 11.4. The lowest BCUT2D eigenvalue weighted by Crippen LogP contribution is -2.77. The maximum atomic E-state index is 14.1. The molecule has 0 saturated heterocycles. The molecule has 41 heavy (non-hydrogen) atoms. The van der Waals surface area contributed by atoms with Gasteiger partial charge < -0.3 is 25.5 Å². The maximum Gasteiger partial charge on any atom is 0.235 e. The van der Waals surface area contributed by atoms with Gasteiger partial charge in [-0.15, -0.1) is 0 Å². The lowest BCUT2D eigenvalue weighted by Gasteiger charge is -2.56. The molecule has 0 bridgehead atoms. The fraction of sp³-hybridized carbons (Fsp3) is 0.367. The number of ketones is 4. The summed E-state index contributed by atoms with van der Waals surface area (Å²) in [6.07, 6.45) is -1.68. The van der Waals surface area contributed by atoms with E-state index >= 15 is 0 Å². The topological polar surface area (TPSA) is 188 Å². The second kappa shape index (κ2) is 8.90. The summed E-state index contributed by atoms with van der Waals surface area (Å²) in [4.78, 5) is 68.3. The Morgan fingerprint density at radius 3 is 2.37 bits per heavy atom. The van der Waals surface area contributed by atoms with Crippen molar-refractivity contribution in [3.05, 3.63) is 53.6 Å². The Morgan fingerprint density at radius 2 is 1.73 bits per heavy atom. The molecule has 8 atom stereocenters. The van der Waals surface area contributed by atoms with Gasteiger partial charge in [0.2, 0.25) is 5.91 Å². The van der Waals surface area contributed by atoms with Crippen LogP contribution in [-0.4, -0.2) is 81.1 Å². The summed E-state index contributed by atoms with van der Waals surface area (Å²) < 4.78 is 5.87. The number of likely N-dealkylation sites (N-methyl/N-ethyl adjacent to an activating group) is 1.